The number of allylic oxidation sites excluding steroid dienone is 1. The highest BCUT2D eigenvalue weighted by molar-refractivity contribution is 7.09. The fraction of sp³-hybridized carbons (Fsp3) is 0.400. The number of aryl methyl sites for hydroxylation is 1. The molecule has 0 saturated heterocycles. The summed E-state index contributed by atoms with van der Waals surface area (Å²) in [6, 6.07) is 0. The number of rotatable bonds is 4. The molecule has 13 heavy (non-hydrogen) atoms. The first-order valence-electron chi connectivity index (χ1n) is 4.20. The topological polar surface area (TPSA) is 30.0 Å². The van der Waals surface area contributed by atoms with E-state index in [0.717, 1.165) is 12.1 Å². The van der Waals surface area contributed by atoms with Crippen LogP contribution in [0.15, 0.2) is 18.2 Å². The number of aromatic nitrogens is 1. The maximum absolute atomic E-state index is 11.2. The summed E-state index contributed by atoms with van der Waals surface area (Å²) in [6.07, 6.45) is 2.10. The quantitative estimate of drug-likeness (QED) is 0.690. The normalized spacial score (nSPS) is 12.5. The highest BCUT2D eigenvalue weighted by Gasteiger charge is 2.12. The second-order valence-corrected chi connectivity index (χ2v) is 4.13. The first-order chi connectivity index (χ1) is 6.15. The van der Waals surface area contributed by atoms with E-state index in [1.54, 1.807) is 11.3 Å². The average Bonchev–Trinajstić information content (AvgIpc) is 2.50. The van der Waals surface area contributed by atoms with Gasteiger partial charge in [0.2, 0.25) is 0 Å². The monoisotopic (exact) mass is 195 g/mol. The van der Waals surface area contributed by atoms with Crippen LogP contribution in [-0.2, 0) is 11.2 Å². The van der Waals surface area contributed by atoms with Crippen LogP contribution in [0.1, 0.15) is 17.5 Å². The maximum Gasteiger partial charge on any atom is 0.158 e. The number of carbonyl (C=O) groups is 1. The van der Waals surface area contributed by atoms with Gasteiger partial charge in [-0.05, 0) is 13.0 Å². The van der Waals surface area contributed by atoms with Crippen LogP contribution in [0.25, 0.3) is 0 Å². The Kier molecular flexibility index (Phi) is 3.37. The first-order valence-corrected chi connectivity index (χ1v) is 5.08. The van der Waals surface area contributed by atoms with Gasteiger partial charge in [0.05, 0.1) is 11.2 Å². The van der Waals surface area contributed by atoms with Gasteiger partial charge >= 0.3 is 0 Å². The second kappa shape index (κ2) is 4.33. The standard InChI is InChI=1S/C10H13NOS/c1-4-10(12)7(2)5-9-8(3)13-6-11-9/h4,6-7H,1,5H2,2-3H3. The Labute approximate surface area is 82.3 Å². The Hall–Kier alpha value is -0.960. The molecule has 1 atom stereocenters. The lowest BCUT2D eigenvalue weighted by molar-refractivity contribution is -0.117. The van der Waals surface area contributed by atoms with E-state index in [1.165, 1.54) is 11.0 Å². The van der Waals surface area contributed by atoms with Crippen LogP contribution < -0.4 is 0 Å². The minimum atomic E-state index is -0.00157. The molecule has 1 aromatic heterocycles. The molecule has 2 nitrogen and oxygen atoms in total. The van der Waals surface area contributed by atoms with Crippen molar-refractivity contribution in [2.24, 2.45) is 5.92 Å². The van der Waals surface area contributed by atoms with E-state index >= 15 is 0 Å². The number of hydrogen-bond acceptors (Lipinski definition) is 3. The van der Waals surface area contributed by atoms with Crippen molar-refractivity contribution < 1.29 is 4.79 Å². The summed E-state index contributed by atoms with van der Waals surface area (Å²) in [4.78, 5) is 16.6. The average molecular weight is 195 g/mol. The van der Waals surface area contributed by atoms with Crippen molar-refractivity contribution in [2.75, 3.05) is 0 Å². The van der Waals surface area contributed by atoms with Gasteiger partial charge < -0.3 is 0 Å². The molecule has 3 heteroatoms. The zero-order valence-electron chi connectivity index (χ0n) is 7.91. The van der Waals surface area contributed by atoms with Crippen molar-refractivity contribution in [3.05, 3.63) is 28.7 Å². The van der Waals surface area contributed by atoms with Crippen LogP contribution in [0.2, 0.25) is 0 Å². The van der Waals surface area contributed by atoms with Crippen molar-refractivity contribution in [3.8, 4) is 0 Å². The molecular weight excluding hydrogens is 182 g/mol. The molecule has 70 valence electrons. The Morgan fingerprint density at radius 2 is 2.54 bits per heavy atom. The third kappa shape index (κ3) is 2.49. The largest absolute Gasteiger partial charge is 0.295 e. The third-order valence-corrected chi connectivity index (χ3v) is 2.83. The molecule has 0 aliphatic heterocycles. The molecular formula is C10H13NOS. The number of ketones is 1. The molecule has 0 amide bonds. The van der Waals surface area contributed by atoms with Gasteiger partial charge in [-0.25, -0.2) is 4.98 Å². The number of thiazole rings is 1. The molecule has 0 aromatic carbocycles. The molecule has 0 spiro atoms. The minimum Gasteiger partial charge on any atom is -0.295 e. The Balaban J connectivity index is 2.64. The first kappa shape index (κ1) is 10.1. The van der Waals surface area contributed by atoms with Crippen molar-refractivity contribution in [3.63, 3.8) is 0 Å². The lowest BCUT2D eigenvalue weighted by Crippen LogP contribution is -2.11. The third-order valence-electron chi connectivity index (χ3n) is 2.03. The minimum absolute atomic E-state index is 0.00157. The number of hydrogen-bond donors (Lipinski definition) is 0. The molecule has 0 fully saturated rings. The maximum atomic E-state index is 11.2. The Bertz CT molecular complexity index is 316. The zero-order chi connectivity index (χ0) is 9.84. The molecule has 0 radical (unpaired) electrons. The number of carbonyl (C=O) groups excluding carboxylic acids is 1. The molecule has 1 unspecified atom stereocenters. The highest BCUT2D eigenvalue weighted by Crippen LogP contribution is 2.16. The number of nitrogens with zero attached hydrogens (tertiary/aromatic N) is 1. The van der Waals surface area contributed by atoms with E-state index in [0.29, 0.717) is 0 Å². The fourth-order valence-corrected chi connectivity index (χ4v) is 1.73. The predicted octanol–water partition coefficient (Wildman–Crippen LogP) is 2.39. The van der Waals surface area contributed by atoms with Gasteiger partial charge in [0.25, 0.3) is 0 Å². The molecule has 0 aliphatic rings. The van der Waals surface area contributed by atoms with Crippen molar-refractivity contribution in [2.45, 2.75) is 20.3 Å². The van der Waals surface area contributed by atoms with Gasteiger partial charge in [-0.1, -0.05) is 13.5 Å². The van der Waals surface area contributed by atoms with Gasteiger partial charge in [-0.15, -0.1) is 11.3 Å². The summed E-state index contributed by atoms with van der Waals surface area (Å²) in [6.45, 7) is 7.40. The van der Waals surface area contributed by atoms with E-state index in [9.17, 15) is 4.79 Å². The van der Waals surface area contributed by atoms with E-state index in [-0.39, 0.29) is 11.7 Å². The van der Waals surface area contributed by atoms with Gasteiger partial charge in [0, 0.05) is 17.2 Å². The van der Waals surface area contributed by atoms with Crippen LogP contribution in [0.4, 0.5) is 0 Å². The summed E-state index contributed by atoms with van der Waals surface area (Å²) in [5.74, 6) is 0.0886. The van der Waals surface area contributed by atoms with Gasteiger partial charge in [0.15, 0.2) is 5.78 Å². The van der Waals surface area contributed by atoms with Crippen LogP contribution in [0, 0.1) is 12.8 Å². The van der Waals surface area contributed by atoms with E-state index in [4.69, 9.17) is 0 Å². The molecule has 0 saturated carbocycles. The summed E-state index contributed by atoms with van der Waals surface area (Å²) >= 11 is 1.62. The van der Waals surface area contributed by atoms with Gasteiger partial charge in [-0.3, -0.25) is 4.79 Å². The van der Waals surface area contributed by atoms with Crippen molar-refractivity contribution in [1.29, 1.82) is 0 Å². The molecule has 0 bridgehead atoms. The predicted molar refractivity (Wildman–Crippen MR) is 54.9 cm³/mol. The summed E-state index contributed by atoms with van der Waals surface area (Å²) < 4.78 is 0. The van der Waals surface area contributed by atoms with Gasteiger partial charge in [0.1, 0.15) is 0 Å². The van der Waals surface area contributed by atoms with Crippen LogP contribution in [0.5, 0.6) is 0 Å². The van der Waals surface area contributed by atoms with E-state index in [2.05, 4.69) is 11.6 Å². The van der Waals surface area contributed by atoms with Crippen LogP contribution >= 0.6 is 11.3 Å². The van der Waals surface area contributed by atoms with Crippen molar-refractivity contribution >= 4 is 17.1 Å². The summed E-state index contributed by atoms with van der Waals surface area (Å²) in [7, 11) is 0. The van der Waals surface area contributed by atoms with E-state index in [1.807, 2.05) is 19.4 Å². The Morgan fingerprint density at radius 3 is 3.00 bits per heavy atom. The smallest absolute Gasteiger partial charge is 0.158 e. The lowest BCUT2D eigenvalue weighted by atomic mass is 10.0. The lowest BCUT2D eigenvalue weighted by Gasteiger charge is -2.05. The molecule has 0 N–H and O–H groups in total. The second-order valence-electron chi connectivity index (χ2n) is 3.07. The Morgan fingerprint density at radius 1 is 1.85 bits per heavy atom. The molecule has 1 aromatic rings. The SMILES string of the molecule is C=CC(=O)C(C)Cc1ncsc1C. The molecule has 1 rings (SSSR count). The van der Waals surface area contributed by atoms with Crippen molar-refractivity contribution in [1.82, 2.24) is 4.98 Å². The molecule has 0 aliphatic carbocycles. The summed E-state index contributed by atoms with van der Waals surface area (Å²) in [5.41, 5.74) is 2.85. The van der Waals surface area contributed by atoms with Crippen LogP contribution in [0.3, 0.4) is 0 Å². The summed E-state index contributed by atoms with van der Waals surface area (Å²) in [5, 5.41) is 0. The van der Waals surface area contributed by atoms with Crippen LogP contribution in [-0.4, -0.2) is 10.8 Å². The van der Waals surface area contributed by atoms with Gasteiger partial charge in [-0.2, -0.15) is 0 Å². The fourth-order valence-electron chi connectivity index (χ4n) is 1.12. The zero-order valence-corrected chi connectivity index (χ0v) is 8.73. The molecule has 1 heterocycles. The highest BCUT2D eigenvalue weighted by atomic mass is 32.1. The van der Waals surface area contributed by atoms with E-state index < -0.39 is 0 Å².